The Morgan fingerprint density at radius 3 is 2.74 bits per heavy atom. The molecular formula is C13H7ClF2N2S. The Hall–Kier alpha value is -1.72. The molecule has 2 aromatic carbocycles. The lowest BCUT2D eigenvalue weighted by molar-refractivity contribution is 0.593. The first kappa shape index (κ1) is 12.3. The molecule has 0 bridgehead atoms. The van der Waals surface area contributed by atoms with Gasteiger partial charge in [-0.25, -0.2) is 8.78 Å². The highest BCUT2D eigenvalue weighted by Gasteiger charge is 2.13. The minimum Gasteiger partial charge on any atom is -0.329 e. The van der Waals surface area contributed by atoms with E-state index in [1.807, 2.05) is 0 Å². The zero-order valence-electron chi connectivity index (χ0n) is 9.45. The lowest BCUT2D eigenvalue weighted by Gasteiger charge is -2.06. The maximum Gasteiger partial charge on any atom is 0.182 e. The van der Waals surface area contributed by atoms with Crippen molar-refractivity contribution < 1.29 is 8.78 Å². The highest BCUT2D eigenvalue weighted by molar-refractivity contribution is 7.71. The number of para-hydroxylation sites is 1. The second-order valence-electron chi connectivity index (χ2n) is 4.00. The van der Waals surface area contributed by atoms with Crippen molar-refractivity contribution in [3.05, 3.63) is 57.8 Å². The van der Waals surface area contributed by atoms with Crippen LogP contribution < -0.4 is 0 Å². The number of hydrogen-bond acceptors (Lipinski definition) is 1. The van der Waals surface area contributed by atoms with E-state index in [1.54, 1.807) is 18.2 Å². The molecule has 1 N–H and O–H groups in total. The monoisotopic (exact) mass is 296 g/mol. The molecule has 1 aromatic heterocycles. The number of halogens is 3. The molecule has 0 aliphatic heterocycles. The molecule has 3 rings (SSSR count). The molecule has 0 atom stereocenters. The van der Waals surface area contributed by atoms with Crippen LogP contribution in [0, 0.1) is 16.4 Å². The molecule has 2 nitrogen and oxygen atoms in total. The van der Waals surface area contributed by atoms with Crippen LogP contribution in [0.2, 0.25) is 5.02 Å². The van der Waals surface area contributed by atoms with E-state index in [0.29, 0.717) is 16.1 Å². The molecule has 0 saturated carbocycles. The number of hydrogen-bond donors (Lipinski definition) is 1. The molecule has 0 amide bonds. The maximum absolute atomic E-state index is 13.9. The molecule has 0 aliphatic carbocycles. The number of nitrogens with zero attached hydrogens (tertiary/aromatic N) is 1. The minimum atomic E-state index is -0.557. The van der Waals surface area contributed by atoms with Crippen molar-refractivity contribution in [1.82, 2.24) is 9.55 Å². The number of imidazole rings is 1. The van der Waals surface area contributed by atoms with Gasteiger partial charge < -0.3 is 4.98 Å². The number of nitrogens with one attached hydrogen (secondary N) is 1. The van der Waals surface area contributed by atoms with Gasteiger partial charge in [-0.2, -0.15) is 0 Å². The second kappa shape index (κ2) is 4.43. The van der Waals surface area contributed by atoms with Crippen molar-refractivity contribution >= 4 is 34.9 Å². The lowest BCUT2D eigenvalue weighted by Crippen LogP contribution is -1.98. The summed E-state index contributed by atoms with van der Waals surface area (Å²) in [5, 5.41) is 0.471. The smallest absolute Gasteiger partial charge is 0.182 e. The largest absolute Gasteiger partial charge is 0.329 e. The van der Waals surface area contributed by atoms with Crippen molar-refractivity contribution in [2.45, 2.75) is 0 Å². The van der Waals surface area contributed by atoms with E-state index in [9.17, 15) is 8.78 Å². The number of benzene rings is 2. The van der Waals surface area contributed by atoms with E-state index in [0.717, 1.165) is 18.2 Å². The van der Waals surface area contributed by atoms with Crippen molar-refractivity contribution in [1.29, 1.82) is 0 Å². The molecule has 0 saturated heterocycles. The summed E-state index contributed by atoms with van der Waals surface area (Å²) in [5.74, 6) is -1.09. The Bertz CT molecular complexity index is 838. The highest BCUT2D eigenvalue weighted by Crippen LogP contribution is 2.26. The van der Waals surface area contributed by atoms with Gasteiger partial charge in [0.15, 0.2) is 4.77 Å². The standard InChI is InChI=1S/C13H7ClF2N2S/c14-8-2-1-3-10-12(8)17-13(19)18(10)11-6-7(15)4-5-9(11)16/h1-6H,(H,17,19). The molecule has 0 fully saturated rings. The van der Waals surface area contributed by atoms with Gasteiger partial charge in [0.05, 0.1) is 21.7 Å². The summed E-state index contributed by atoms with van der Waals surface area (Å²) in [4.78, 5) is 2.90. The fourth-order valence-electron chi connectivity index (χ4n) is 1.99. The summed E-state index contributed by atoms with van der Waals surface area (Å²) >= 11 is 11.2. The van der Waals surface area contributed by atoms with Gasteiger partial charge in [0.25, 0.3) is 0 Å². The minimum absolute atomic E-state index is 0.0542. The predicted octanol–water partition coefficient (Wildman–Crippen LogP) is 4.62. The third-order valence-corrected chi connectivity index (χ3v) is 3.42. The van der Waals surface area contributed by atoms with E-state index in [1.165, 1.54) is 4.57 Å². The fraction of sp³-hybridized carbons (Fsp3) is 0. The number of aromatic amines is 1. The molecule has 0 unspecified atom stereocenters. The van der Waals surface area contributed by atoms with Crippen LogP contribution in [0.25, 0.3) is 16.7 Å². The average molecular weight is 297 g/mol. The molecule has 96 valence electrons. The number of fused-ring (bicyclic) bond motifs is 1. The molecule has 0 radical (unpaired) electrons. The van der Waals surface area contributed by atoms with Gasteiger partial charge in [-0.1, -0.05) is 17.7 Å². The Morgan fingerprint density at radius 2 is 1.95 bits per heavy atom. The van der Waals surface area contributed by atoms with Crippen LogP contribution in [0.3, 0.4) is 0 Å². The molecule has 6 heteroatoms. The van der Waals surface area contributed by atoms with Gasteiger partial charge in [-0.15, -0.1) is 0 Å². The van der Waals surface area contributed by atoms with E-state index in [2.05, 4.69) is 4.98 Å². The van der Waals surface area contributed by atoms with Crippen LogP contribution in [0.4, 0.5) is 8.78 Å². The Balaban J connectivity index is 2.43. The van der Waals surface area contributed by atoms with Crippen LogP contribution >= 0.6 is 23.8 Å². The van der Waals surface area contributed by atoms with Crippen LogP contribution in [0.15, 0.2) is 36.4 Å². The lowest BCUT2D eigenvalue weighted by atomic mass is 10.2. The van der Waals surface area contributed by atoms with E-state index < -0.39 is 11.6 Å². The molecule has 1 heterocycles. The van der Waals surface area contributed by atoms with Gasteiger partial charge in [0.1, 0.15) is 11.6 Å². The first-order chi connectivity index (χ1) is 9.08. The van der Waals surface area contributed by atoms with Crippen molar-refractivity contribution in [3.8, 4) is 5.69 Å². The van der Waals surface area contributed by atoms with E-state index in [-0.39, 0.29) is 10.5 Å². The topological polar surface area (TPSA) is 20.7 Å². The summed E-state index contributed by atoms with van der Waals surface area (Å²) < 4.78 is 28.8. The third kappa shape index (κ3) is 1.95. The van der Waals surface area contributed by atoms with Gasteiger partial charge in [0, 0.05) is 6.07 Å². The Morgan fingerprint density at radius 1 is 1.16 bits per heavy atom. The van der Waals surface area contributed by atoms with Crippen molar-refractivity contribution in [2.24, 2.45) is 0 Å². The third-order valence-electron chi connectivity index (χ3n) is 2.82. The Labute approximate surface area is 117 Å². The SMILES string of the molecule is Fc1ccc(F)c(-n2c(=S)[nH]c3c(Cl)cccc32)c1. The molecule has 19 heavy (non-hydrogen) atoms. The summed E-state index contributed by atoms with van der Waals surface area (Å²) in [6.07, 6.45) is 0. The van der Waals surface area contributed by atoms with E-state index >= 15 is 0 Å². The van der Waals surface area contributed by atoms with Crippen LogP contribution in [0.1, 0.15) is 0 Å². The summed E-state index contributed by atoms with van der Waals surface area (Å²) in [6, 6.07) is 8.37. The maximum atomic E-state index is 13.9. The summed E-state index contributed by atoms with van der Waals surface area (Å²) in [7, 11) is 0. The van der Waals surface area contributed by atoms with Gasteiger partial charge >= 0.3 is 0 Å². The quantitative estimate of drug-likeness (QED) is 0.650. The normalized spacial score (nSPS) is 11.1. The molecule has 3 aromatic rings. The predicted molar refractivity (Wildman–Crippen MR) is 73.4 cm³/mol. The summed E-state index contributed by atoms with van der Waals surface area (Å²) in [5.41, 5.74) is 1.25. The number of aromatic nitrogens is 2. The van der Waals surface area contributed by atoms with Gasteiger partial charge in [0.2, 0.25) is 0 Å². The molecule has 0 aliphatic rings. The zero-order valence-corrected chi connectivity index (χ0v) is 11.0. The van der Waals surface area contributed by atoms with Crippen molar-refractivity contribution in [3.63, 3.8) is 0 Å². The average Bonchev–Trinajstić information content (AvgIpc) is 2.70. The second-order valence-corrected chi connectivity index (χ2v) is 4.79. The summed E-state index contributed by atoms with van der Waals surface area (Å²) in [6.45, 7) is 0. The van der Waals surface area contributed by atoms with Crippen molar-refractivity contribution in [2.75, 3.05) is 0 Å². The zero-order chi connectivity index (χ0) is 13.6. The first-order valence-electron chi connectivity index (χ1n) is 5.42. The van der Waals surface area contributed by atoms with Crippen LogP contribution in [-0.2, 0) is 0 Å². The fourth-order valence-corrected chi connectivity index (χ4v) is 2.51. The first-order valence-corrected chi connectivity index (χ1v) is 6.21. The van der Waals surface area contributed by atoms with E-state index in [4.69, 9.17) is 23.8 Å². The van der Waals surface area contributed by atoms with Crippen LogP contribution in [0.5, 0.6) is 0 Å². The van der Waals surface area contributed by atoms with Gasteiger partial charge in [-0.3, -0.25) is 4.57 Å². The molecular weight excluding hydrogens is 290 g/mol. The molecule has 0 spiro atoms. The number of rotatable bonds is 1. The highest BCUT2D eigenvalue weighted by atomic mass is 35.5. The van der Waals surface area contributed by atoms with Gasteiger partial charge in [-0.05, 0) is 36.5 Å². The number of H-pyrrole nitrogens is 1. The Kier molecular flexibility index (Phi) is 2.88. The van der Waals surface area contributed by atoms with Crippen LogP contribution in [-0.4, -0.2) is 9.55 Å².